The number of amides is 2. The topological polar surface area (TPSA) is 184 Å². The Bertz CT molecular complexity index is 1540. The molecule has 1 aliphatic heterocycles. The van der Waals surface area contributed by atoms with Crippen LogP contribution in [0.4, 0.5) is 17.3 Å². The molecule has 1 aromatic carbocycles. The molecule has 2 atom stereocenters. The van der Waals surface area contributed by atoms with Crippen LogP contribution >= 0.6 is 0 Å². The Morgan fingerprint density at radius 1 is 1.28 bits per heavy atom. The van der Waals surface area contributed by atoms with Crippen molar-refractivity contribution in [2.45, 2.75) is 18.6 Å². The van der Waals surface area contributed by atoms with Gasteiger partial charge in [-0.15, -0.1) is 5.10 Å². The maximum absolute atomic E-state index is 13.3. The van der Waals surface area contributed by atoms with Gasteiger partial charge in [0.15, 0.2) is 28.9 Å². The number of fused-ring (bicyclic) bond motifs is 1. The first-order valence-electron chi connectivity index (χ1n) is 10.9. The van der Waals surface area contributed by atoms with Crippen LogP contribution in [0, 0.1) is 0 Å². The van der Waals surface area contributed by atoms with Crippen LogP contribution in [-0.2, 0) is 21.4 Å². The van der Waals surface area contributed by atoms with Gasteiger partial charge in [-0.25, -0.2) is 9.36 Å². The Kier molecular flexibility index (Phi) is 5.53. The molecule has 2 unspecified atom stereocenters. The number of morpholine rings is 1. The first-order valence-corrected chi connectivity index (χ1v) is 10.9. The summed E-state index contributed by atoms with van der Waals surface area (Å²) in [7, 11) is 1.53. The highest BCUT2D eigenvalue weighted by atomic mass is 16.5. The van der Waals surface area contributed by atoms with Crippen molar-refractivity contribution < 1.29 is 24.0 Å². The summed E-state index contributed by atoms with van der Waals surface area (Å²) in [5.41, 5.74) is 4.24. The molecular weight excluding hydrogens is 472 g/mol. The van der Waals surface area contributed by atoms with E-state index in [4.69, 9.17) is 15.0 Å². The van der Waals surface area contributed by atoms with Crippen molar-refractivity contribution in [2.75, 3.05) is 29.1 Å². The van der Waals surface area contributed by atoms with E-state index < -0.39 is 23.5 Å². The molecule has 186 valence electrons. The van der Waals surface area contributed by atoms with E-state index in [1.54, 1.807) is 24.4 Å². The van der Waals surface area contributed by atoms with Crippen LogP contribution in [0.5, 0.6) is 0 Å². The van der Waals surface area contributed by atoms with Gasteiger partial charge in [-0.2, -0.15) is 5.10 Å². The van der Waals surface area contributed by atoms with E-state index in [0.29, 0.717) is 22.3 Å². The molecule has 3 aromatic heterocycles. The van der Waals surface area contributed by atoms with E-state index in [-0.39, 0.29) is 30.3 Å². The number of aliphatic hydroxyl groups is 1. The minimum atomic E-state index is -2.22. The van der Waals surface area contributed by atoms with E-state index >= 15 is 0 Å². The number of hydrogen-bond donors (Lipinski definition) is 3. The monoisotopic (exact) mass is 494 g/mol. The van der Waals surface area contributed by atoms with Crippen molar-refractivity contribution in [2.24, 2.45) is 7.05 Å². The number of hydrogen-bond acceptors (Lipinski definition) is 10. The van der Waals surface area contributed by atoms with Crippen molar-refractivity contribution in [3.05, 3.63) is 53.1 Å². The Morgan fingerprint density at radius 2 is 2.08 bits per heavy atom. The highest BCUT2D eigenvalue weighted by Gasteiger charge is 2.48. The van der Waals surface area contributed by atoms with E-state index in [1.807, 2.05) is 0 Å². The number of nitrogens with two attached hydrogens (primary N) is 1. The summed E-state index contributed by atoms with van der Waals surface area (Å²) in [6.07, 6.45) is 1.54. The summed E-state index contributed by atoms with van der Waals surface area (Å²) in [6.45, 7) is 1.41. The molecule has 14 nitrogen and oxygen atoms in total. The maximum Gasteiger partial charge on any atom is 0.268 e. The molecule has 4 aromatic rings. The number of carbonyl (C=O) groups excluding carboxylic acids is 2. The number of rotatable bonds is 5. The smallest absolute Gasteiger partial charge is 0.268 e. The summed E-state index contributed by atoms with van der Waals surface area (Å²) in [4.78, 5) is 39.4. The summed E-state index contributed by atoms with van der Waals surface area (Å²) in [5.74, 6) is -1.03. The molecule has 1 aliphatic rings. The normalized spacial score (nSPS) is 17.8. The third-order valence-corrected chi connectivity index (χ3v) is 5.89. The standard InChI is InChI=1S/C22H22N8O6/c1-22(34,21(33)25-12-3-4-14-15(9-12)36-27-19(14)23)18-20(32)29(7-8-35-18)16-5-6-30(26-16)13-10-17(31)28(2)24-11-13/h3-6,9-11,18,34H,7-8H2,1-2H3,(H2,23,27)(H,25,33). The van der Waals surface area contributed by atoms with Crippen LogP contribution in [0.15, 0.2) is 52.0 Å². The van der Waals surface area contributed by atoms with Crippen LogP contribution in [-0.4, -0.2) is 66.5 Å². The first kappa shape index (κ1) is 23.2. The fraction of sp³-hybridized carbons (Fsp3) is 0.273. The lowest BCUT2D eigenvalue weighted by Crippen LogP contribution is -2.61. The minimum Gasteiger partial charge on any atom is -0.380 e. The Morgan fingerprint density at radius 3 is 2.86 bits per heavy atom. The largest absolute Gasteiger partial charge is 0.380 e. The Labute approximate surface area is 202 Å². The van der Waals surface area contributed by atoms with Crippen LogP contribution in [0.3, 0.4) is 0 Å². The lowest BCUT2D eigenvalue weighted by molar-refractivity contribution is -0.165. The van der Waals surface area contributed by atoms with Gasteiger partial charge < -0.3 is 25.4 Å². The predicted molar refractivity (Wildman–Crippen MR) is 126 cm³/mol. The number of anilines is 3. The van der Waals surface area contributed by atoms with Crippen molar-refractivity contribution >= 4 is 40.1 Å². The van der Waals surface area contributed by atoms with Crippen molar-refractivity contribution in [1.29, 1.82) is 0 Å². The predicted octanol–water partition coefficient (Wildman–Crippen LogP) is -0.189. The van der Waals surface area contributed by atoms with E-state index in [2.05, 4.69) is 20.7 Å². The fourth-order valence-electron chi connectivity index (χ4n) is 3.81. The maximum atomic E-state index is 13.3. The molecule has 36 heavy (non-hydrogen) atoms. The number of aryl methyl sites for hydroxylation is 1. The zero-order valence-electron chi connectivity index (χ0n) is 19.3. The Balaban J connectivity index is 1.34. The molecule has 1 saturated heterocycles. The van der Waals surface area contributed by atoms with Gasteiger partial charge in [-0.1, -0.05) is 5.16 Å². The number of aromatic nitrogens is 5. The van der Waals surface area contributed by atoms with Gasteiger partial charge in [0.2, 0.25) is 0 Å². The fourth-order valence-corrected chi connectivity index (χ4v) is 3.81. The molecule has 4 heterocycles. The molecule has 1 fully saturated rings. The highest BCUT2D eigenvalue weighted by Crippen LogP contribution is 2.27. The van der Waals surface area contributed by atoms with Gasteiger partial charge in [0.25, 0.3) is 17.4 Å². The summed E-state index contributed by atoms with van der Waals surface area (Å²) >= 11 is 0. The zero-order chi connectivity index (χ0) is 25.6. The molecule has 0 aliphatic carbocycles. The number of nitrogens with zero attached hydrogens (tertiary/aromatic N) is 6. The van der Waals surface area contributed by atoms with Gasteiger partial charge in [0.05, 0.1) is 30.4 Å². The molecule has 4 N–H and O–H groups in total. The molecule has 0 spiro atoms. The number of nitrogens with one attached hydrogen (secondary N) is 1. The van der Waals surface area contributed by atoms with Gasteiger partial charge in [-0.3, -0.25) is 19.3 Å². The van der Waals surface area contributed by atoms with Gasteiger partial charge in [-0.05, 0) is 19.1 Å². The lowest BCUT2D eigenvalue weighted by atomic mass is 9.95. The van der Waals surface area contributed by atoms with Crippen LogP contribution in [0.25, 0.3) is 16.7 Å². The SMILES string of the molecule is Cn1ncc(-n2ccc(N3CCOC(C(C)(O)C(=O)Nc4ccc5c(N)noc5c4)C3=O)n2)cc1=O. The number of ether oxygens (including phenoxy) is 1. The molecule has 0 bridgehead atoms. The number of carbonyl (C=O) groups is 2. The van der Waals surface area contributed by atoms with Gasteiger partial charge in [0.1, 0.15) is 0 Å². The highest BCUT2D eigenvalue weighted by molar-refractivity contribution is 6.06. The van der Waals surface area contributed by atoms with E-state index in [1.165, 1.54) is 46.6 Å². The number of nitrogen functional groups attached to an aromatic ring is 1. The lowest BCUT2D eigenvalue weighted by Gasteiger charge is -2.37. The average Bonchev–Trinajstić information content (AvgIpc) is 3.48. The zero-order valence-corrected chi connectivity index (χ0v) is 19.3. The summed E-state index contributed by atoms with van der Waals surface area (Å²) in [5, 5.41) is 26.2. The third-order valence-electron chi connectivity index (χ3n) is 5.89. The molecule has 0 radical (unpaired) electrons. The van der Waals surface area contributed by atoms with Crippen molar-refractivity contribution in [3.8, 4) is 5.69 Å². The quantitative estimate of drug-likeness (QED) is 0.336. The van der Waals surface area contributed by atoms with Crippen LogP contribution in [0.2, 0.25) is 0 Å². The van der Waals surface area contributed by atoms with E-state index in [0.717, 1.165) is 0 Å². The van der Waals surface area contributed by atoms with Crippen molar-refractivity contribution in [3.63, 3.8) is 0 Å². The van der Waals surface area contributed by atoms with Gasteiger partial charge >= 0.3 is 0 Å². The summed E-state index contributed by atoms with van der Waals surface area (Å²) in [6, 6.07) is 7.61. The van der Waals surface area contributed by atoms with Gasteiger partial charge in [0, 0.05) is 37.1 Å². The molecule has 0 saturated carbocycles. The third kappa shape index (κ3) is 3.97. The summed E-state index contributed by atoms with van der Waals surface area (Å²) < 4.78 is 13.2. The van der Waals surface area contributed by atoms with E-state index in [9.17, 15) is 19.5 Å². The number of benzene rings is 1. The molecule has 5 rings (SSSR count). The second-order valence-corrected chi connectivity index (χ2v) is 8.42. The van der Waals surface area contributed by atoms with Crippen molar-refractivity contribution in [1.82, 2.24) is 24.7 Å². The van der Waals surface area contributed by atoms with Crippen LogP contribution < -0.4 is 21.5 Å². The Hall–Kier alpha value is -4.56. The van der Waals surface area contributed by atoms with Crippen LogP contribution in [0.1, 0.15) is 6.92 Å². The molecule has 2 amide bonds. The average molecular weight is 494 g/mol. The first-order chi connectivity index (χ1) is 17.1. The second-order valence-electron chi connectivity index (χ2n) is 8.42. The second kappa shape index (κ2) is 8.58. The molecule has 14 heteroatoms. The molecular formula is C22H22N8O6. The minimum absolute atomic E-state index is 0.0590.